The molecule has 8 heteroatoms. The molecule has 0 radical (unpaired) electrons. The van der Waals surface area contributed by atoms with Crippen molar-refractivity contribution in [3.63, 3.8) is 0 Å². The highest BCUT2D eigenvalue weighted by atomic mass is 32.1. The largest absolute Gasteiger partial charge is 0.483 e. The maximum Gasteiger partial charge on any atom is 0.290 e. The Kier molecular flexibility index (Phi) is 6.54. The third-order valence-corrected chi connectivity index (χ3v) is 6.10. The van der Waals surface area contributed by atoms with E-state index in [0.29, 0.717) is 11.3 Å². The molecule has 1 unspecified atom stereocenters. The van der Waals surface area contributed by atoms with Crippen molar-refractivity contribution in [1.82, 2.24) is 15.1 Å². The minimum Gasteiger partial charge on any atom is -0.483 e. The molecule has 2 saturated heterocycles. The van der Waals surface area contributed by atoms with Crippen LogP contribution in [0.1, 0.15) is 44.0 Å². The van der Waals surface area contributed by atoms with Crippen LogP contribution in [-0.2, 0) is 4.79 Å². The number of carboxylic acid groups (broad SMARTS) is 1. The second kappa shape index (κ2) is 8.22. The molecule has 3 heterocycles. The molecule has 136 valence electrons. The smallest absolute Gasteiger partial charge is 0.290 e. The van der Waals surface area contributed by atoms with Gasteiger partial charge in [0.2, 0.25) is 5.13 Å². The van der Waals surface area contributed by atoms with Gasteiger partial charge in [0.15, 0.2) is 0 Å². The molecule has 2 fully saturated rings. The van der Waals surface area contributed by atoms with Crippen LogP contribution in [0.15, 0.2) is 0 Å². The molecule has 24 heavy (non-hydrogen) atoms. The molecule has 3 rings (SSSR count). The molecule has 2 aliphatic rings. The van der Waals surface area contributed by atoms with Crippen LogP contribution in [0.2, 0.25) is 0 Å². The monoisotopic (exact) mass is 356 g/mol. The van der Waals surface area contributed by atoms with E-state index in [1.54, 1.807) is 11.3 Å². The number of rotatable bonds is 2. The van der Waals surface area contributed by atoms with E-state index in [0.717, 1.165) is 55.6 Å². The van der Waals surface area contributed by atoms with E-state index in [1.165, 1.54) is 0 Å². The van der Waals surface area contributed by atoms with Gasteiger partial charge in [0.1, 0.15) is 5.01 Å². The molecule has 1 spiro atoms. The Hall–Kier alpha value is -1.25. The standard InChI is InChI=1S/C15H26N4OS.CH2O2/c1-11(2)13-16-17-14(21-13)19-6-4-15(5-7-19)8-12(20)9-18(3)10-15;2-1-3/h11-12,20H,4-10H2,1-3H3;1H,(H,2,3). The van der Waals surface area contributed by atoms with Gasteiger partial charge in [0.05, 0.1) is 6.10 Å². The summed E-state index contributed by atoms with van der Waals surface area (Å²) >= 11 is 1.73. The van der Waals surface area contributed by atoms with E-state index in [1.807, 2.05) is 0 Å². The normalized spacial score (nSPS) is 23.9. The van der Waals surface area contributed by atoms with Gasteiger partial charge in [-0.05, 0) is 31.7 Å². The van der Waals surface area contributed by atoms with Crippen molar-refractivity contribution in [2.24, 2.45) is 5.41 Å². The van der Waals surface area contributed by atoms with Gasteiger partial charge in [-0.1, -0.05) is 25.2 Å². The topological polar surface area (TPSA) is 89.8 Å². The Morgan fingerprint density at radius 1 is 1.33 bits per heavy atom. The zero-order chi connectivity index (χ0) is 17.7. The number of anilines is 1. The van der Waals surface area contributed by atoms with E-state index in [-0.39, 0.29) is 12.6 Å². The minimum absolute atomic E-state index is 0.163. The van der Waals surface area contributed by atoms with Crippen LogP contribution in [0.5, 0.6) is 0 Å². The van der Waals surface area contributed by atoms with Crippen molar-refractivity contribution in [3.8, 4) is 0 Å². The number of aromatic nitrogens is 2. The van der Waals surface area contributed by atoms with Gasteiger partial charge in [-0.3, -0.25) is 4.79 Å². The number of β-amino-alcohol motifs (C(OH)–C–C–N with tert-alkyl or cyclic N) is 1. The summed E-state index contributed by atoms with van der Waals surface area (Å²) < 4.78 is 0. The van der Waals surface area contributed by atoms with Crippen molar-refractivity contribution >= 4 is 22.9 Å². The van der Waals surface area contributed by atoms with E-state index in [9.17, 15) is 5.11 Å². The number of hydrogen-bond donors (Lipinski definition) is 2. The van der Waals surface area contributed by atoms with Crippen molar-refractivity contribution in [3.05, 3.63) is 5.01 Å². The van der Waals surface area contributed by atoms with Gasteiger partial charge in [0, 0.05) is 32.1 Å². The number of hydrogen-bond acceptors (Lipinski definition) is 7. The van der Waals surface area contributed by atoms with Crippen LogP contribution in [0, 0.1) is 5.41 Å². The lowest BCUT2D eigenvalue weighted by Gasteiger charge is -2.48. The Labute approximate surface area is 147 Å². The fourth-order valence-electron chi connectivity index (χ4n) is 3.75. The van der Waals surface area contributed by atoms with E-state index in [2.05, 4.69) is 40.9 Å². The average Bonchev–Trinajstić information content (AvgIpc) is 2.97. The minimum atomic E-state index is -0.250. The second-order valence-corrected chi connectivity index (χ2v) is 8.21. The molecule has 0 bridgehead atoms. The predicted molar refractivity (Wildman–Crippen MR) is 94.7 cm³/mol. The number of likely N-dealkylation sites (tertiary alicyclic amines) is 1. The lowest BCUT2D eigenvalue weighted by atomic mass is 9.72. The quantitative estimate of drug-likeness (QED) is 0.779. The van der Waals surface area contributed by atoms with Gasteiger partial charge in [-0.2, -0.15) is 0 Å². The second-order valence-electron chi connectivity index (χ2n) is 7.22. The Bertz CT molecular complexity index is 517. The van der Waals surface area contributed by atoms with Crippen molar-refractivity contribution in [2.75, 3.05) is 38.1 Å². The highest BCUT2D eigenvalue weighted by Crippen LogP contribution is 2.41. The Morgan fingerprint density at radius 3 is 2.46 bits per heavy atom. The number of nitrogens with zero attached hydrogens (tertiary/aromatic N) is 4. The van der Waals surface area contributed by atoms with Crippen LogP contribution in [0.25, 0.3) is 0 Å². The number of piperidine rings is 2. The van der Waals surface area contributed by atoms with Gasteiger partial charge >= 0.3 is 0 Å². The lowest BCUT2D eigenvalue weighted by Crippen LogP contribution is -2.52. The number of aliphatic hydroxyl groups is 1. The first-order chi connectivity index (χ1) is 11.4. The molecule has 2 aliphatic heterocycles. The summed E-state index contributed by atoms with van der Waals surface area (Å²) in [7, 11) is 2.12. The molecule has 1 aromatic rings. The van der Waals surface area contributed by atoms with Crippen LogP contribution < -0.4 is 4.90 Å². The predicted octanol–water partition coefficient (Wildman–Crippen LogP) is 1.65. The third-order valence-electron chi connectivity index (χ3n) is 4.81. The SMILES string of the molecule is CC(C)c1nnc(N2CCC3(CC2)CC(O)CN(C)C3)s1.O=CO. The van der Waals surface area contributed by atoms with Crippen LogP contribution in [-0.4, -0.2) is 71.1 Å². The zero-order valence-corrected chi connectivity index (χ0v) is 15.5. The van der Waals surface area contributed by atoms with E-state index >= 15 is 0 Å². The zero-order valence-electron chi connectivity index (χ0n) is 14.7. The van der Waals surface area contributed by atoms with Gasteiger partial charge in [0.25, 0.3) is 6.47 Å². The van der Waals surface area contributed by atoms with Crippen molar-refractivity contribution in [1.29, 1.82) is 0 Å². The molecule has 0 amide bonds. The molecule has 0 saturated carbocycles. The molecule has 0 aliphatic carbocycles. The lowest BCUT2D eigenvalue weighted by molar-refractivity contribution is -0.122. The summed E-state index contributed by atoms with van der Waals surface area (Å²) in [5.74, 6) is 0.453. The third kappa shape index (κ3) is 4.64. The number of likely N-dealkylation sites (N-methyl/N-ethyl adjacent to an activating group) is 1. The van der Waals surface area contributed by atoms with Crippen LogP contribution in [0.3, 0.4) is 0 Å². The maximum absolute atomic E-state index is 10.1. The molecular weight excluding hydrogens is 328 g/mol. The summed E-state index contributed by atoms with van der Waals surface area (Å²) in [5.41, 5.74) is 0.300. The summed E-state index contributed by atoms with van der Waals surface area (Å²) in [4.78, 5) is 13.0. The van der Waals surface area contributed by atoms with Gasteiger partial charge in [-0.25, -0.2) is 0 Å². The van der Waals surface area contributed by atoms with E-state index in [4.69, 9.17) is 9.90 Å². The molecule has 7 nitrogen and oxygen atoms in total. The van der Waals surface area contributed by atoms with Crippen LogP contribution in [0.4, 0.5) is 5.13 Å². The summed E-state index contributed by atoms with van der Waals surface area (Å²) in [6.07, 6.45) is 3.08. The summed E-state index contributed by atoms with van der Waals surface area (Å²) in [6.45, 7) is 8.08. The molecule has 0 aromatic carbocycles. The molecule has 1 aromatic heterocycles. The maximum atomic E-state index is 10.1. The number of aliphatic hydroxyl groups excluding tert-OH is 1. The highest BCUT2D eigenvalue weighted by molar-refractivity contribution is 7.15. The first-order valence-corrected chi connectivity index (χ1v) is 9.23. The van der Waals surface area contributed by atoms with Gasteiger partial charge in [-0.15, -0.1) is 10.2 Å². The molecule has 1 atom stereocenters. The van der Waals surface area contributed by atoms with Crippen molar-refractivity contribution in [2.45, 2.75) is 45.1 Å². The molecule has 2 N–H and O–H groups in total. The Morgan fingerprint density at radius 2 is 1.96 bits per heavy atom. The van der Waals surface area contributed by atoms with E-state index < -0.39 is 0 Å². The Balaban J connectivity index is 0.000000647. The summed E-state index contributed by atoms with van der Waals surface area (Å²) in [5, 5.41) is 27.8. The average molecular weight is 356 g/mol. The number of carbonyl (C=O) groups is 1. The fourth-order valence-corrected chi connectivity index (χ4v) is 4.65. The van der Waals surface area contributed by atoms with Crippen LogP contribution >= 0.6 is 11.3 Å². The van der Waals surface area contributed by atoms with Gasteiger partial charge < -0.3 is 20.0 Å². The van der Waals surface area contributed by atoms with Crippen molar-refractivity contribution < 1.29 is 15.0 Å². The highest BCUT2D eigenvalue weighted by Gasteiger charge is 2.41. The summed E-state index contributed by atoms with van der Waals surface area (Å²) in [6, 6.07) is 0. The molecular formula is C16H28N4O3S. The first-order valence-electron chi connectivity index (χ1n) is 8.42. The first kappa shape index (κ1) is 19.1. The fraction of sp³-hybridized carbons (Fsp3) is 0.812.